The number of amides is 3. The number of carbonyl (C=O) groups excluding carboxylic acids is 3. The molecule has 0 N–H and O–H groups in total. The molecule has 5 nitrogen and oxygen atoms in total. The largest absolute Gasteiger partial charge is 0.343 e. The fraction of sp³-hybridized carbons (Fsp3) is 0.560. The molecule has 3 aliphatic rings. The molecule has 4 rings (SSSR count). The Morgan fingerprint density at radius 3 is 2.13 bits per heavy atom. The van der Waals surface area contributed by atoms with Crippen LogP contribution in [0.4, 0.5) is 0 Å². The lowest BCUT2D eigenvalue weighted by Crippen LogP contribution is -2.41. The Kier molecular flexibility index (Phi) is 5.81. The summed E-state index contributed by atoms with van der Waals surface area (Å²) in [7, 11) is 0. The van der Waals surface area contributed by atoms with E-state index in [1.54, 1.807) is 0 Å². The van der Waals surface area contributed by atoms with E-state index >= 15 is 0 Å². The van der Waals surface area contributed by atoms with Gasteiger partial charge in [0.2, 0.25) is 17.7 Å². The molecule has 1 aromatic carbocycles. The fourth-order valence-electron chi connectivity index (χ4n) is 5.73. The van der Waals surface area contributed by atoms with Crippen LogP contribution < -0.4 is 0 Å². The first-order valence-electron chi connectivity index (χ1n) is 11.4. The smallest absolute Gasteiger partial charge is 0.234 e. The van der Waals surface area contributed by atoms with E-state index in [1.165, 1.54) is 4.90 Å². The average Bonchev–Trinajstić information content (AvgIpc) is 3.41. The zero-order valence-electron chi connectivity index (χ0n) is 18.2. The summed E-state index contributed by atoms with van der Waals surface area (Å²) in [5.41, 5.74) is 1.91. The summed E-state index contributed by atoms with van der Waals surface area (Å²) in [4.78, 5) is 43.5. The molecule has 0 radical (unpaired) electrons. The van der Waals surface area contributed by atoms with Gasteiger partial charge in [0.1, 0.15) is 0 Å². The van der Waals surface area contributed by atoms with Gasteiger partial charge in [-0.2, -0.15) is 0 Å². The van der Waals surface area contributed by atoms with Crippen LogP contribution in [-0.4, -0.2) is 40.6 Å². The molecule has 5 unspecified atom stereocenters. The number of nitrogens with zero attached hydrogens (tertiary/aromatic N) is 2. The third-order valence-corrected chi connectivity index (χ3v) is 7.07. The Balaban J connectivity index is 1.67. The lowest BCUT2D eigenvalue weighted by atomic mass is 9.85. The monoisotopic (exact) mass is 408 g/mol. The number of hydrogen-bond acceptors (Lipinski definition) is 3. The fourth-order valence-corrected chi connectivity index (χ4v) is 5.73. The SMILES string of the molecule is CCCN(CCC)C(=O)CC(c1ccccc1C)N1C(=O)C2C3C=CC(C3)C2C1=O. The van der Waals surface area contributed by atoms with Crippen LogP contribution in [0, 0.1) is 30.6 Å². The Morgan fingerprint density at radius 2 is 1.60 bits per heavy atom. The van der Waals surface area contributed by atoms with Crippen LogP contribution in [0.25, 0.3) is 0 Å². The van der Waals surface area contributed by atoms with Crippen molar-refractivity contribution in [3.63, 3.8) is 0 Å². The van der Waals surface area contributed by atoms with Gasteiger partial charge in [-0.3, -0.25) is 19.3 Å². The summed E-state index contributed by atoms with van der Waals surface area (Å²) in [5, 5.41) is 0. The molecule has 160 valence electrons. The van der Waals surface area contributed by atoms with Crippen molar-refractivity contribution in [1.29, 1.82) is 0 Å². The maximum atomic E-state index is 13.5. The second-order valence-corrected chi connectivity index (χ2v) is 9.00. The van der Waals surface area contributed by atoms with Crippen molar-refractivity contribution in [3.8, 4) is 0 Å². The maximum absolute atomic E-state index is 13.5. The molecule has 2 aliphatic carbocycles. The first-order chi connectivity index (χ1) is 14.5. The van der Waals surface area contributed by atoms with E-state index in [4.69, 9.17) is 0 Å². The summed E-state index contributed by atoms with van der Waals surface area (Å²) < 4.78 is 0. The summed E-state index contributed by atoms with van der Waals surface area (Å²) in [6.45, 7) is 7.51. The Morgan fingerprint density at radius 1 is 1.03 bits per heavy atom. The first kappa shape index (κ1) is 20.8. The second-order valence-electron chi connectivity index (χ2n) is 9.00. The van der Waals surface area contributed by atoms with Crippen molar-refractivity contribution in [3.05, 3.63) is 47.5 Å². The molecule has 1 heterocycles. The van der Waals surface area contributed by atoms with Crippen molar-refractivity contribution < 1.29 is 14.4 Å². The molecule has 0 aromatic heterocycles. The highest BCUT2D eigenvalue weighted by Crippen LogP contribution is 2.54. The van der Waals surface area contributed by atoms with Crippen molar-refractivity contribution in [2.24, 2.45) is 23.7 Å². The molecular formula is C25H32N2O3. The highest BCUT2D eigenvalue weighted by Gasteiger charge is 2.60. The molecule has 5 heteroatoms. The van der Waals surface area contributed by atoms with Gasteiger partial charge in [0, 0.05) is 13.1 Å². The average molecular weight is 409 g/mol. The van der Waals surface area contributed by atoms with Gasteiger partial charge in [0.25, 0.3) is 0 Å². The summed E-state index contributed by atoms with van der Waals surface area (Å²) in [6.07, 6.45) is 7.07. The van der Waals surface area contributed by atoms with Crippen molar-refractivity contribution >= 4 is 17.7 Å². The minimum absolute atomic E-state index is 0.0192. The maximum Gasteiger partial charge on any atom is 0.234 e. The third kappa shape index (κ3) is 3.38. The number of carbonyl (C=O) groups is 3. The number of allylic oxidation sites excluding steroid dienone is 2. The van der Waals surface area contributed by atoms with Gasteiger partial charge in [0.05, 0.1) is 24.3 Å². The van der Waals surface area contributed by atoms with Crippen LogP contribution in [-0.2, 0) is 14.4 Å². The Bertz CT molecular complexity index is 841. The van der Waals surface area contributed by atoms with Gasteiger partial charge < -0.3 is 4.90 Å². The van der Waals surface area contributed by atoms with Gasteiger partial charge in [-0.05, 0) is 49.1 Å². The molecule has 5 atom stereocenters. The quantitative estimate of drug-likeness (QED) is 0.484. The van der Waals surface area contributed by atoms with Gasteiger partial charge in [0.15, 0.2) is 0 Å². The molecule has 3 amide bonds. The van der Waals surface area contributed by atoms with Gasteiger partial charge >= 0.3 is 0 Å². The van der Waals surface area contributed by atoms with E-state index < -0.39 is 6.04 Å². The Hall–Kier alpha value is -2.43. The van der Waals surface area contributed by atoms with Crippen LogP contribution in [0.1, 0.15) is 56.7 Å². The highest BCUT2D eigenvalue weighted by molar-refractivity contribution is 6.07. The number of likely N-dealkylation sites (tertiary alicyclic amines) is 1. The summed E-state index contributed by atoms with van der Waals surface area (Å²) in [6, 6.07) is 7.29. The first-order valence-corrected chi connectivity index (χ1v) is 11.4. The molecule has 2 bridgehead atoms. The number of aryl methyl sites for hydroxylation is 1. The summed E-state index contributed by atoms with van der Waals surface area (Å²) in [5.74, 6) is -0.280. The van der Waals surface area contributed by atoms with Crippen LogP contribution in [0.15, 0.2) is 36.4 Å². The van der Waals surface area contributed by atoms with E-state index in [-0.39, 0.29) is 47.8 Å². The lowest BCUT2D eigenvalue weighted by Gasteiger charge is -2.31. The predicted octanol–water partition coefficient (Wildman–Crippen LogP) is 3.88. The number of benzene rings is 1. The van der Waals surface area contributed by atoms with Gasteiger partial charge in [-0.15, -0.1) is 0 Å². The zero-order valence-corrected chi connectivity index (χ0v) is 18.2. The van der Waals surface area contributed by atoms with E-state index in [0.29, 0.717) is 13.1 Å². The van der Waals surface area contributed by atoms with E-state index in [1.807, 2.05) is 36.1 Å². The minimum atomic E-state index is -0.528. The van der Waals surface area contributed by atoms with Crippen LogP contribution in [0.5, 0.6) is 0 Å². The minimum Gasteiger partial charge on any atom is -0.343 e. The van der Waals surface area contributed by atoms with E-state index in [9.17, 15) is 14.4 Å². The number of fused-ring (bicyclic) bond motifs is 5. The van der Waals surface area contributed by atoms with Crippen molar-refractivity contribution in [2.45, 2.75) is 52.5 Å². The van der Waals surface area contributed by atoms with Crippen LogP contribution in [0.3, 0.4) is 0 Å². The second kappa shape index (κ2) is 8.37. The zero-order chi connectivity index (χ0) is 21.4. The predicted molar refractivity (Wildman–Crippen MR) is 115 cm³/mol. The van der Waals surface area contributed by atoms with E-state index in [0.717, 1.165) is 30.4 Å². The van der Waals surface area contributed by atoms with Gasteiger partial charge in [-0.1, -0.05) is 50.3 Å². The van der Waals surface area contributed by atoms with Crippen LogP contribution in [0.2, 0.25) is 0 Å². The molecule has 1 saturated heterocycles. The van der Waals surface area contributed by atoms with E-state index in [2.05, 4.69) is 26.0 Å². The molecule has 0 spiro atoms. The third-order valence-electron chi connectivity index (χ3n) is 7.07. The molecule has 1 aromatic rings. The molecule has 1 saturated carbocycles. The van der Waals surface area contributed by atoms with Crippen molar-refractivity contribution in [1.82, 2.24) is 9.80 Å². The normalized spacial score (nSPS) is 27.6. The molecule has 1 aliphatic heterocycles. The molecule has 2 fully saturated rings. The molecular weight excluding hydrogens is 376 g/mol. The standard InChI is InChI=1S/C25H32N2O3/c1-4-12-26(13-5-2)21(28)15-20(19-9-7-6-8-16(19)3)27-24(29)22-17-10-11-18(14-17)23(22)25(27)30/h6-11,17-18,20,22-23H,4-5,12-15H2,1-3H3. The number of rotatable bonds is 8. The molecule has 30 heavy (non-hydrogen) atoms. The summed E-state index contributed by atoms with van der Waals surface area (Å²) >= 11 is 0. The number of imide groups is 1. The Labute approximate surface area is 179 Å². The van der Waals surface area contributed by atoms with Crippen molar-refractivity contribution in [2.75, 3.05) is 13.1 Å². The van der Waals surface area contributed by atoms with Crippen LogP contribution >= 0.6 is 0 Å². The van der Waals surface area contributed by atoms with Gasteiger partial charge in [-0.25, -0.2) is 0 Å². The lowest BCUT2D eigenvalue weighted by molar-refractivity contribution is -0.145. The highest BCUT2D eigenvalue weighted by atomic mass is 16.2. The number of hydrogen-bond donors (Lipinski definition) is 0. The topological polar surface area (TPSA) is 57.7 Å².